The Bertz CT molecular complexity index is 1040. The maximum atomic E-state index is 13.0. The highest BCUT2D eigenvalue weighted by molar-refractivity contribution is 5.87. The second-order valence-electron chi connectivity index (χ2n) is 8.71. The van der Waals surface area contributed by atoms with E-state index in [1.807, 2.05) is 43.3 Å². The van der Waals surface area contributed by atoms with Gasteiger partial charge in [0.15, 0.2) is 0 Å². The number of rotatable bonds is 7. The van der Waals surface area contributed by atoms with Gasteiger partial charge in [-0.05, 0) is 34.6 Å². The molecule has 2 aromatic carbocycles. The lowest BCUT2D eigenvalue weighted by atomic mass is 9.98. The third-order valence-corrected chi connectivity index (χ3v) is 6.58. The zero-order valence-corrected chi connectivity index (χ0v) is 18.6. The third-order valence-electron chi connectivity index (χ3n) is 6.58. The van der Waals surface area contributed by atoms with Crippen LogP contribution in [0.1, 0.15) is 30.4 Å². The number of carboxylic acid groups (broad SMARTS) is 1. The molecule has 3 atom stereocenters. The molecule has 3 unspecified atom stereocenters. The van der Waals surface area contributed by atoms with Gasteiger partial charge in [-0.25, -0.2) is 4.79 Å². The van der Waals surface area contributed by atoms with Crippen LogP contribution in [0.3, 0.4) is 0 Å². The van der Waals surface area contributed by atoms with E-state index in [0.717, 1.165) is 22.3 Å². The van der Waals surface area contributed by atoms with Crippen molar-refractivity contribution in [3.63, 3.8) is 0 Å². The van der Waals surface area contributed by atoms with Crippen LogP contribution in [0, 0.1) is 11.8 Å². The summed E-state index contributed by atoms with van der Waals surface area (Å²) in [4.78, 5) is 38.5. The van der Waals surface area contributed by atoms with Gasteiger partial charge in [-0.3, -0.25) is 9.59 Å². The van der Waals surface area contributed by atoms with Crippen molar-refractivity contribution >= 4 is 18.0 Å². The molecule has 4 rings (SSSR count). The molecular weight excluding hydrogens is 420 g/mol. The summed E-state index contributed by atoms with van der Waals surface area (Å²) >= 11 is 0. The second kappa shape index (κ2) is 9.48. The summed E-state index contributed by atoms with van der Waals surface area (Å²) in [5.74, 6) is -2.06. The molecule has 7 heteroatoms. The summed E-state index contributed by atoms with van der Waals surface area (Å²) in [5.41, 5.74) is 4.49. The summed E-state index contributed by atoms with van der Waals surface area (Å²) in [6.45, 7) is 6.12. The van der Waals surface area contributed by atoms with Crippen LogP contribution in [0.5, 0.6) is 0 Å². The minimum Gasteiger partial charge on any atom is -0.481 e. The molecule has 1 heterocycles. The van der Waals surface area contributed by atoms with Gasteiger partial charge in [0.25, 0.3) is 0 Å². The number of ether oxygens (including phenoxy) is 1. The van der Waals surface area contributed by atoms with Crippen LogP contribution in [0.25, 0.3) is 11.1 Å². The van der Waals surface area contributed by atoms with E-state index in [0.29, 0.717) is 6.54 Å². The van der Waals surface area contributed by atoms with Gasteiger partial charge >= 0.3 is 12.1 Å². The van der Waals surface area contributed by atoms with Crippen molar-refractivity contribution in [2.45, 2.75) is 25.3 Å². The second-order valence-corrected chi connectivity index (χ2v) is 8.71. The number of amides is 2. The lowest BCUT2D eigenvalue weighted by Gasteiger charge is -2.24. The zero-order chi connectivity index (χ0) is 23.5. The van der Waals surface area contributed by atoms with Crippen molar-refractivity contribution in [3.8, 4) is 11.1 Å². The van der Waals surface area contributed by atoms with Gasteiger partial charge in [0.2, 0.25) is 5.91 Å². The first kappa shape index (κ1) is 22.6. The molecule has 1 fully saturated rings. The fourth-order valence-corrected chi connectivity index (χ4v) is 4.86. The molecule has 0 aromatic heterocycles. The molecule has 0 spiro atoms. The van der Waals surface area contributed by atoms with Crippen LogP contribution in [-0.2, 0) is 14.3 Å². The summed E-state index contributed by atoms with van der Waals surface area (Å²) in [6.07, 6.45) is 1.10. The average Bonchev–Trinajstić information content (AvgIpc) is 3.35. The number of carbonyl (C=O) groups excluding carboxylic acids is 2. The number of carbonyl (C=O) groups is 3. The fraction of sp³-hybridized carbons (Fsp3) is 0.346. The fourth-order valence-electron chi connectivity index (χ4n) is 4.86. The highest BCUT2D eigenvalue weighted by Crippen LogP contribution is 2.44. The molecule has 172 valence electrons. The van der Waals surface area contributed by atoms with Gasteiger partial charge in [0.05, 0.1) is 5.92 Å². The molecule has 2 aliphatic rings. The lowest BCUT2D eigenvalue weighted by molar-refractivity contribution is -0.142. The van der Waals surface area contributed by atoms with E-state index in [2.05, 4.69) is 24.0 Å². The highest BCUT2D eigenvalue weighted by Gasteiger charge is 2.39. The summed E-state index contributed by atoms with van der Waals surface area (Å²) < 4.78 is 5.56. The largest absolute Gasteiger partial charge is 0.481 e. The first-order valence-corrected chi connectivity index (χ1v) is 11.1. The summed E-state index contributed by atoms with van der Waals surface area (Å²) in [5, 5.41) is 12.0. The normalized spacial score (nSPS) is 20.0. The monoisotopic (exact) mass is 448 g/mol. The standard InChI is InChI=1S/C26H28N2O5/c1-3-8-23(24(29)28-13-16(2)21(14-28)25(30)31)27-26(32)33-15-22-19-11-6-4-9-17(19)18-10-5-7-12-20(18)22/h3-7,9-12,16,21-23H,1,8,13-15H2,2H3,(H,27,32)(H,30,31). The highest BCUT2D eigenvalue weighted by atomic mass is 16.5. The van der Waals surface area contributed by atoms with Gasteiger partial charge in [-0.15, -0.1) is 6.58 Å². The van der Waals surface area contributed by atoms with Gasteiger partial charge in [-0.1, -0.05) is 61.5 Å². The number of alkyl carbamates (subject to hydrolysis) is 1. The Labute approximate surface area is 193 Å². The zero-order valence-electron chi connectivity index (χ0n) is 18.6. The molecule has 0 saturated carbocycles. The molecule has 0 radical (unpaired) electrons. The first-order valence-electron chi connectivity index (χ1n) is 11.1. The van der Waals surface area contributed by atoms with E-state index in [4.69, 9.17) is 4.74 Å². The van der Waals surface area contributed by atoms with Gasteiger partial charge in [0.1, 0.15) is 12.6 Å². The predicted molar refractivity (Wildman–Crippen MR) is 124 cm³/mol. The van der Waals surface area contributed by atoms with Gasteiger partial charge in [0, 0.05) is 19.0 Å². The number of benzene rings is 2. The SMILES string of the molecule is C=CCC(NC(=O)OCC1c2ccccc2-c2ccccc21)C(=O)N1CC(C)C(C(=O)O)C1. The number of nitrogens with one attached hydrogen (secondary N) is 1. The summed E-state index contributed by atoms with van der Waals surface area (Å²) in [7, 11) is 0. The van der Waals surface area contributed by atoms with Gasteiger partial charge in [-0.2, -0.15) is 0 Å². The minimum absolute atomic E-state index is 0.0764. The predicted octanol–water partition coefficient (Wildman–Crippen LogP) is 3.65. The Balaban J connectivity index is 1.41. The van der Waals surface area contributed by atoms with Crippen LogP contribution in [-0.4, -0.2) is 53.7 Å². The maximum absolute atomic E-state index is 13.0. The Morgan fingerprint density at radius 2 is 1.73 bits per heavy atom. The first-order chi connectivity index (χ1) is 15.9. The van der Waals surface area contributed by atoms with Crippen LogP contribution in [0.15, 0.2) is 61.2 Å². The lowest BCUT2D eigenvalue weighted by Crippen LogP contribution is -2.48. The molecule has 1 aliphatic heterocycles. The number of nitrogens with zero attached hydrogens (tertiary/aromatic N) is 1. The van der Waals surface area contributed by atoms with Crippen molar-refractivity contribution in [2.75, 3.05) is 19.7 Å². The van der Waals surface area contributed by atoms with E-state index in [1.165, 1.54) is 4.90 Å². The Hall–Kier alpha value is -3.61. The molecule has 2 aromatic rings. The van der Waals surface area contributed by atoms with E-state index in [1.54, 1.807) is 6.08 Å². The van der Waals surface area contributed by atoms with Crippen molar-refractivity contribution in [3.05, 3.63) is 72.3 Å². The Kier molecular flexibility index (Phi) is 6.49. The number of hydrogen-bond acceptors (Lipinski definition) is 4. The van der Waals surface area contributed by atoms with E-state index in [-0.39, 0.29) is 37.3 Å². The van der Waals surface area contributed by atoms with Crippen LogP contribution in [0.2, 0.25) is 0 Å². The van der Waals surface area contributed by atoms with Crippen LogP contribution in [0.4, 0.5) is 4.79 Å². The van der Waals surface area contributed by atoms with Crippen LogP contribution < -0.4 is 5.32 Å². The average molecular weight is 449 g/mol. The number of aliphatic carboxylic acids is 1. The minimum atomic E-state index is -0.914. The Morgan fingerprint density at radius 1 is 1.12 bits per heavy atom. The number of hydrogen-bond donors (Lipinski definition) is 2. The molecule has 2 amide bonds. The van der Waals surface area contributed by atoms with Gasteiger partial charge < -0.3 is 20.1 Å². The molecule has 33 heavy (non-hydrogen) atoms. The quantitative estimate of drug-likeness (QED) is 0.631. The topological polar surface area (TPSA) is 95.9 Å². The van der Waals surface area contributed by atoms with E-state index >= 15 is 0 Å². The number of carboxylic acids is 1. The molecule has 0 bridgehead atoms. The van der Waals surface area contributed by atoms with E-state index < -0.39 is 24.0 Å². The van der Waals surface area contributed by atoms with Crippen molar-refractivity contribution in [1.29, 1.82) is 0 Å². The molecule has 1 aliphatic carbocycles. The van der Waals surface area contributed by atoms with Crippen LogP contribution >= 0.6 is 0 Å². The van der Waals surface area contributed by atoms with E-state index in [9.17, 15) is 19.5 Å². The molecule has 1 saturated heterocycles. The molecular formula is C26H28N2O5. The molecule has 2 N–H and O–H groups in total. The van der Waals surface area contributed by atoms with Crippen molar-refractivity contribution in [1.82, 2.24) is 10.2 Å². The maximum Gasteiger partial charge on any atom is 0.407 e. The summed E-state index contributed by atoms with van der Waals surface area (Å²) in [6, 6.07) is 15.3. The molecule has 7 nitrogen and oxygen atoms in total. The van der Waals surface area contributed by atoms with Crippen molar-refractivity contribution in [2.24, 2.45) is 11.8 Å². The Morgan fingerprint density at radius 3 is 2.27 bits per heavy atom. The number of likely N-dealkylation sites (tertiary alicyclic amines) is 1. The smallest absolute Gasteiger partial charge is 0.407 e. The number of fused-ring (bicyclic) bond motifs is 3. The third kappa shape index (κ3) is 4.49. The van der Waals surface area contributed by atoms with Crippen molar-refractivity contribution < 1.29 is 24.2 Å².